The molecule has 0 atom stereocenters. The van der Waals surface area contributed by atoms with Crippen LogP contribution in [0.3, 0.4) is 0 Å². The monoisotopic (exact) mass is 332 g/mol. The third-order valence-corrected chi connectivity index (χ3v) is 3.53. The summed E-state index contributed by atoms with van der Waals surface area (Å²) in [4.78, 5) is 25.4. The average Bonchev–Trinajstić information content (AvgIpc) is 2.63. The summed E-state index contributed by atoms with van der Waals surface area (Å²) in [6.45, 7) is 0. The Bertz CT molecular complexity index is 880. The molecule has 0 unspecified atom stereocenters. The van der Waals surface area contributed by atoms with E-state index < -0.39 is 12.0 Å². The molecule has 2 amide bonds. The van der Waals surface area contributed by atoms with Crippen LogP contribution >= 0.6 is 0 Å². The van der Waals surface area contributed by atoms with Crippen molar-refractivity contribution in [3.8, 4) is 5.75 Å². The normalized spacial score (nSPS) is 10.1. The number of ether oxygens (including phenoxy) is 1. The number of esters is 1. The standard InChI is InChI=1S/C20H16N2O3/c21-20(24)22(16-10-5-2-6-11-16)17-12-7-13-18(14-17)25-19(23)15-8-3-1-4-9-15/h1-14H,(H2,21,24). The number of nitrogens with zero attached hydrogens (tertiary/aromatic N) is 1. The number of rotatable bonds is 4. The van der Waals surface area contributed by atoms with Gasteiger partial charge in [0.15, 0.2) is 0 Å². The van der Waals surface area contributed by atoms with E-state index in [1.807, 2.05) is 24.3 Å². The molecule has 0 aromatic heterocycles. The smallest absolute Gasteiger partial charge is 0.343 e. The van der Waals surface area contributed by atoms with Crippen LogP contribution in [0.1, 0.15) is 10.4 Å². The van der Waals surface area contributed by atoms with E-state index in [1.165, 1.54) is 4.90 Å². The molecular formula is C20H16N2O3. The Kier molecular flexibility index (Phi) is 4.76. The predicted octanol–water partition coefficient (Wildman–Crippen LogP) is 4.12. The van der Waals surface area contributed by atoms with Crippen molar-refractivity contribution in [3.05, 3.63) is 90.5 Å². The number of carbonyl (C=O) groups excluding carboxylic acids is 2. The highest BCUT2D eigenvalue weighted by atomic mass is 16.5. The predicted molar refractivity (Wildman–Crippen MR) is 96.0 cm³/mol. The van der Waals surface area contributed by atoms with Crippen molar-refractivity contribution in [2.24, 2.45) is 5.73 Å². The zero-order chi connectivity index (χ0) is 17.6. The SMILES string of the molecule is NC(=O)N(c1ccccc1)c1cccc(OC(=O)c2ccccc2)c1. The van der Waals surface area contributed by atoms with Crippen LogP contribution in [0.2, 0.25) is 0 Å². The second-order valence-electron chi connectivity index (χ2n) is 5.26. The molecule has 3 aromatic carbocycles. The fourth-order valence-corrected chi connectivity index (χ4v) is 2.41. The molecule has 0 heterocycles. The Balaban J connectivity index is 1.88. The van der Waals surface area contributed by atoms with Crippen molar-refractivity contribution in [2.45, 2.75) is 0 Å². The minimum atomic E-state index is -0.627. The first-order valence-corrected chi connectivity index (χ1v) is 7.67. The van der Waals surface area contributed by atoms with Gasteiger partial charge >= 0.3 is 12.0 Å². The summed E-state index contributed by atoms with van der Waals surface area (Å²) in [5, 5.41) is 0. The lowest BCUT2D eigenvalue weighted by Crippen LogP contribution is -2.31. The zero-order valence-electron chi connectivity index (χ0n) is 13.3. The number of urea groups is 1. The van der Waals surface area contributed by atoms with E-state index >= 15 is 0 Å². The quantitative estimate of drug-likeness (QED) is 0.577. The number of amides is 2. The lowest BCUT2D eigenvalue weighted by atomic mass is 10.2. The molecule has 0 aliphatic carbocycles. The molecule has 0 spiro atoms. The number of nitrogens with two attached hydrogens (primary N) is 1. The van der Waals surface area contributed by atoms with Crippen molar-refractivity contribution in [2.75, 3.05) is 4.90 Å². The Hall–Kier alpha value is -3.60. The third-order valence-electron chi connectivity index (χ3n) is 3.53. The number of carbonyl (C=O) groups is 2. The van der Waals surface area contributed by atoms with Gasteiger partial charge in [0.25, 0.3) is 0 Å². The first-order valence-electron chi connectivity index (χ1n) is 7.67. The number of primary amides is 1. The van der Waals surface area contributed by atoms with Crippen molar-refractivity contribution < 1.29 is 14.3 Å². The molecule has 0 bridgehead atoms. The molecule has 0 aliphatic heterocycles. The van der Waals surface area contributed by atoms with Crippen molar-refractivity contribution in [1.82, 2.24) is 0 Å². The van der Waals surface area contributed by atoms with E-state index in [1.54, 1.807) is 60.7 Å². The van der Waals surface area contributed by atoms with Crippen LogP contribution in [0.5, 0.6) is 5.75 Å². The van der Waals surface area contributed by atoms with E-state index in [9.17, 15) is 9.59 Å². The van der Waals surface area contributed by atoms with Gasteiger partial charge in [0.1, 0.15) is 5.75 Å². The molecule has 0 saturated carbocycles. The molecular weight excluding hydrogens is 316 g/mol. The largest absolute Gasteiger partial charge is 0.423 e. The second kappa shape index (κ2) is 7.31. The summed E-state index contributed by atoms with van der Waals surface area (Å²) < 4.78 is 5.39. The van der Waals surface area contributed by atoms with Crippen LogP contribution in [0, 0.1) is 0 Å². The highest BCUT2D eigenvalue weighted by Gasteiger charge is 2.16. The van der Waals surface area contributed by atoms with Crippen molar-refractivity contribution in [3.63, 3.8) is 0 Å². The van der Waals surface area contributed by atoms with E-state index in [-0.39, 0.29) is 0 Å². The summed E-state index contributed by atoms with van der Waals surface area (Å²) in [7, 11) is 0. The molecule has 124 valence electrons. The Morgan fingerprint density at radius 2 is 1.36 bits per heavy atom. The van der Waals surface area contributed by atoms with Crippen molar-refractivity contribution in [1.29, 1.82) is 0 Å². The first-order chi connectivity index (χ1) is 12.1. The third kappa shape index (κ3) is 3.84. The topological polar surface area (TPSA) is 72.6 Å². The molecule has 5 heteroatoms. The Morgan fingerprint density at radius 3 is 2.00 bits per heavy atom. The molecule has 0 saturated heterocycles. The van der Waals surface area contributed by atoms with Gasteiger partial charge in [-0.2, -0.15) is 0 Å². The van der Waals surface area contributed by atoms with E-state index in [0.717, 1.165) is 0 Å². The minimum Gasteiger partial charge on any atom is -0.423 e. The van der Waals surface area contributed by atoms with Gasteiger partial charge in [-0.1, -0.05) is 42.5 Å². The highest BCUT2D eigenvalue weighted by Crippen LogP contribution is 2.28. The molecule has 0 fully saturated rings. The van der Waals surface area contributed by atoms with Crippen LogP contribution in [0.25, 0.3) is 0 Å². The summed E-state index contributed by atoms with van der Waals surface area (Å²) in [6, 6.07) is 23.7. The molecule has 25 heavy (non-hydrogen) atoms. The number of anilines is 2. The van der Waals surface area contributed by atoms with E-state index in [4.69, 9.17) is 10.5 Å². The van der Waals surface area contributed by atoms with Crippen LogP contribution < -0.4 is 15.4 Å². The summed E-state index contributed by atoms with van der Waals surface area (Å²) in [5.74, 6) is -0.142. The fraction of sp³-hybridized carbons (Fsp3) is 0. The lowest BCUT2D eigenvalue weighted by molar-refractivity contribution is 0.0735. The second-order valence-corrected chi connectivity index (χ2v) is 5.26. The fourth-order valence-electron chi connectivity index (χ4n) is 2.41. The molecule has 3 aromatic rings. The van der Waals surface area contributed by atoms with Gasteiger partial charge in [-0.3, -0.25) is 4.90 Å². The lowest BCUT2D eigenvalue weighted by Gasteiger charge is -2.21. The van der Waals surface area contributed by atoms with Crippen LogP contribution in [-0.2, 0) is 0 Å². The Labute approximate surface area is 145 Å². The van der Waals surface area contributed by atoms with Gasteiger partial charge in [-0.15, -0.1) is 0 Å². The maximum Gasteiger partial charge on any atom is 0.343 e. The van der Waals surface area contributed by atoms with Gasteiger partial charge in [0.2, 0.25) is 0 Å². The van der Waals surface area contributed by atoms with E-state index in [0.29, 0.717) is 22.7 Å². The van der Waals surface area contributed by atoms with Crippen LogP contribution in [-0.4, -0.2) is 12.0 Å². The van der Waals surface area contributed by atoms with E-state index in [2.05, 4.69) is 0 Å². The van der Waals surface area contributed by atoms with Gasteiger partial charge in [-0.25, -0.2) is 9.59 Å². The molecule has 5 nitrogen and oxygen atoms in total. The maximum absolute atomic E-state index is 12.2. The summed E-state index contributed by atoms with van der Waals surface area (Å²) in [6.07, 6.45) is 0. The maximum atomic E-state index is 12.2. The number of para-hydroxylation sites is 1. The van der Waals surface area contributed by atoms with Gasteiger partial charge in [0.05, 0.1) is 16.9 Å². The zero-order valence-corrected chi connectivity index (χ0v) is 13.3. The summed E-state index contributed by atoms with van der Waals surface area (Å²) in [5.41, 5.74) is 7.11. The first kappa shape index (κ1) is 16.3. The molecule has 0 aliphatic rings. The van der Waals surface area contributed by atoms with Crippen LogP contribution in [0.15, 0.2) is 84.9 Å². The van der Waals surface area contributed by atoms with Crippen LogP contribution in [0.4, 0.5) is 16.2 Å². The number of hydrogen-bond donors (Lipinski definition) is 1. The average molecular weight is 332 g/mol. The minimum absolute atomic E-state index is 0.327. The Morgan fingerprint density at radius 1 is 0.760 bits per heavy atom. The van der Waals surface area contributed by atoms with Gasteiger partial charge in [-0.05, 0) is 36.4 Å². The highest BCUT2D eigenvalue weighted by molar-refractivity contribution is 5.98. The molecule has 0 radical (unpaired) electrons. The number of benzene rings is 3. The molecule has 3 rings (SSSR count). The number of hydrogen-bond acceptors (Lipinski definition) is 3. The van der Waals surface area contributed by atoms with Crippen molar-refractivity contribution >= 4 is 23.4 Å². The van der Waals surface area contributed by atoms with Gasteiger partial charge in [0, 0.05) is 6.07 Å². The summed E-state index contributed by atoms with van der Waals surface area (Å²) >= 11 is 0. The van der Waals surface area contributed by atoms with Gasteiger partial charge < -0.3 is 10.5 Å². The molecule has 2 N–H and O–H groups in total.